The quantitative estimate of drug-likeness (QED) is 0.0831. The highest BCUT2D eigenvalue weighted by atomic mass is 28.4. The smallest absolute Gasteiger partial charge is 0.278 e. The average Bonchev–Trinajstić information content (AvgIpc) is 3.06. The molecular weight excluding hydrogens is 529 g/mol. The zero-order valence-corrected chi connectivity index (χ0v) is 26.0. The van der Waals surface area contributed by atoms with Crippen molar-refractivity contribution in [2.45, 2.75) is 44.6 Å². The minimum atomic E-state index is -2.95. The summed E-state index contributed by atoms with van der Waals surface area (Å²) in [6, 6.07) is 56.5. The van der Waals surface area contributed by atoms with Gasteiger partial charge in [-0.1, -0.05) is 197 Å². The average molecular weight is 570 g/mol. The third kappa shape index (κ3) is 6.54. The van der Waals surface area contributed by atoms with Gasteiger partial charge in [-0.25, -0.2) is 0 Å². The maximum atomic E-state index is 8.25. The molecular formula is C38H41OSi2. The van der Waals surface area contributed by atoms with Crippen molar-refractivity contribution < 1.29 is 4.12 Å². The molecule has 0 N–H and O–H groups in total. The van der Waals surface area contributed by atoms with Gasteiger partial charge in [-0.3, -0.25) is 0 Å². The van der Waals surface area contributed by atoms with E-state index in [0.717, 1.165) is 18.9 Å². The second-order valence-corrected chi connectivity index (χ2v) is 18.0. The van der Waals surface area contributed by atoms with Crippen LogP contribution in [0.3, 0.4) is 0 Å². The predicted octanol–water partition coefficient (Wildman–Crippen LogP) is 6.60. The molecule has 5 rings (SSSR count). The molecule has 0 spiro atoms. The molecule has 41 heavy (non-hydrogen) atoms. The second-order valence-electron chi connectivity index (χ2n) is 10.8. The minimum absolute atomic E-state index is 1.02. The lowest BCUT2D eigenvalue weighted by molar-refractivity contribution is 0.566. The van der Waals surface area contributed by atoms with Crippen molar-refractivity contribution in [3.8, 4) is 0 Å². The predicted molar refractivity (Wildman–Crippen MR) is 181 cm³/mol. The van der Waals surface area contributed by atoms with E-state index in [9.17, 15) is 0 Å². The molecule has 0 aliphatic rings. The van der Waals surface area contributed by atoms with Gasteiger partial charge >= 0.3 is 0 Å². The first kappa shape index (κ1) is 29.0. The zero-order chi connectivity index (χ0) is 28.2. The molecule has 5 aromatic rings. The lowest BCUT2D eigenvalue weighted by Crippen LogP contribution is -2.77. The molecule has 1 nitrogen and oxygen atoms in total. The summed E-state index contributed by atoms with van der Waals surface area (Å²) < 4.78 is 8.25. The van der Waals surface area contributed by atoms with Crippen molar-refractivity contribution >= 4 is 42.6 Å². The fraction of sp³-hybridized carbons (Fsp3) is 0.184. The minimum Gasteiger partial charge on any atom is -0.439 e. The molecule has 0 aliphatic carbocycles. The van der Waals surface area contributed by atoms with Gasteiger partial charge in [-0.05, 0) is 32.0 Å². The summed E-state index contributed by atoms with van der Waals surface area (Å²) in [6.45, 7) is 4.04. The van der Waals surface area contributed by atoms with Crippen LogP contribution in [0.4, 0.5) is 0 Å². The number of rotatable bonds is 14. The summed E-state index contributed by atoms with van der Waals surface area (Å²) in [6.07, 6.45) is 7.11. The van der Waals surface area contributed by atoms with E-state index in [1.807, 2.05) is 0 Å². The van der Waals surface area contributed by atoms with E-state index in [1.165, 1.54) is 51.6 Å². The Balaban J connectivity index is 1.75. The van der Waals surface area contributed by atoms with Crippen LogP contribution in [-0.2, 0) is 4.12 Å². The number of hydrogen-bond acceptors (Lipinski definition) is 1. The first-order valence-electron chi connectivity index (χ1n) is 15.1. The first-order valence-corrected chi connectivity index (χ1v) is 19.1. The molecule has 0 bridgehead atoms. The normalized spacial score (nSPS) is 11.8. The lowest BCUT2D eigenvalue weighted by Gasteiger charge is -2.44. The fourth-order valence-electron chi connectivity index (χ4n) is 6.08. The van der Waals surface area contributed by atoms with Crippen LogP contribution in [0.25, 0.3) is 0 Å². The molecule has 0 unspecified atom stereocenters. The molecule has 207 valence electrons. The van der Waals surface area contributed by atoms with Gasteiger partial charge in [0.25, 0.3) is 8.32 Å². The highest BCUT2D eigenvalue weighted by molar-refractivity contribution is 7.14. The number of unbranched alkanes of at least 4 members (excludes halogenated alkanes) is 5. The maximum Gasteiger partial charge on any atom is 0.278 e. The van der Waals surface area contributed by atoms with Crippen molar-refractivity contribution in [3.63, 3.8) is 0 Å². The van der Waals surface area contributed by atoms with Crippen LogP contribution in [0, 0.1) is 6.92 Å². The summed E-state index contributed by atoms with van der Waals surface area (Å²) in [5, 5.41) is 6.57. The molecule has 0 heterocycles. The standard InChI is InChI=1S/C38H41OSi2/c1-2-3-4-5-6-22-33-40(34-23-12-7-13-24-34,35-25-14-8-15-26-35)39-41(36-27-16-9-17-28-36,37-29-18-10-19-30-37)38-31-20-11-21-32-38/h7-21,23-32H,1-6,22,33H2. The Hall–Kier alpha value is -3.51. The first-order chi connectivity index (χ1) is 20.3. The molecule has 3 heteroatoms. The lowest BCUT2D eigenvalue weighted by atomic mass is 10.1. The Morgan fingerprint density at radius 1 is 0.390 bits per heavy atom. The van der Waals surface area contributed by atoms with Gasteiger partial charge in [0.15, 0.2) is 0 Å². The molecule has 0 aromatic heterocycles. The summed E-state index contributed by atoms with van der Waals surface area (Å²) in [5.41, 5.74) is 0. The molecule has 0 saturated heterocycles. The van der Waals surface area contributed by atoms with Gasteiger partial charge in [0.1, 0.15) is 0 Å². The summed E-state index contributed by atoms with van der Waals surface area (Å²) in [5.74, 6) is 0. The van der Waals surface area contributed by atoms with Gasteiger partial charge in [0.2, 0.25) is 8.32 Å². The van der Waals surface area contributed by atoms with Crippen molar-refractivity contribution in [1.29, 1.82) is 0 Å². The van der Waals surface area contributed by atoms with E-state index in [4.69, 9.17) is 4.12 Å². The van der Waals surface area contributed by atoms with Crippen molar-refractivity contribution in [3.05, 3.63) is 159 Å². The van der Waals surface area contributed by atoms with Crippen LogP contribution in [0.15, 0.2) is 152 Å². The Kier molecular flexibility index (Phi) is 10.2. The molecule has 0 fully saturated rings. The molecule has 0 atom stereocenters. The van der Waals surface area contributed by atoms with Gasteiger partial charge in [-0.15, -0.1) is 0 Å². The molecule has 0 saturated carbocycles. The SMILES string of the molecule is [CH2]CCCCCCC[Si](O[Si](c1ccccc1)(c1ccccc1)c1ccccc1)(c1ccccc1)c1ccccc1. The number of hydrogen-bond donors (Lipinski definition) is 0. The van der Waals surface area contributed by atoms with Crippen molar-refractivity contribution in [2.24, 2.45) is 0 Å². The van der Waals surface area contributed by atoms with Crippen LogP contribution in [0.5, 0.6) is 0 Å². The van der Waals surface area contributed by atoms with Gasteiger partial charge in [0, 0.05) is 0 Å². The Morgan fingerprint density at radius 3 is 1.07 bits per heavy atom. The third-order valence-corrected chi connectivity index (χ3v) is 17.8. The van der Waals surface area contributed by atoms with Crippen LogP contribution in [0.2, 0.25) is 6.04 Å². The molecule has 0 aliphatic heterocycles. The maximum absolute atomic E-state index is 8.25. The Bertz CT molecular complexity index is 1290. The van der Waals surface area contributed by atoms with Gasteiger partial charge in [-0.2, -0.15) is 0 Å². The third-order valence-electron chi connectivity index (χ3n) is 8.13. The second kappa shape index (κ2) is 14.4. The highest BCUT2D eigenvalue weighted by Gasteiger charge is 2.51. The molecule has 5 aromatic carbocycles. The van der Waals surface area contributed by atoms with Crippen LogP contribution in [-0.4, -0.2) is 16.6 Å². The topological polar surface area (TPSA) is 9.23 Å². The van der Waals surface area contributed by atoms with Crippen LogP contribution in [0.1, 0.15) is 38.5 Å². The van der Waals surface area contributed by atoms with Gasteiger partial charge in [0.05, 0.1) is 0 Å². The van der Waals surface area contributed by atoms with Crippen LogP contribution < -0.4 is 25.9 Å². The van der Waals surface area contributed by atoms with E-state index in [2.05, 4.69) is 159 Å². The van der Waals surface area contributed by atoms with E-state index >= 15 is 0 Å². The summed E-state index contributed by atoms with van der Waals surface area (Å²) in [4.78, 5) is 0. The van der Waals surface area contributed by atoms with E-state index in [-0.39, 0.29) is 0 Å². The summed E-state index contributed by atoms with van der Waals surface area (Å²) in [7, 11) is -5.70. The zero-order valence-electron chi connectivity index (χ0n) is 24.0. The Morgan fingerprint density at radius 2 is 0.707 bits per heavy atom. The van der Waals surface area contributed by atoms with E-state index in [1.54, 1.807) is 0 Å². The largest absolute Gasteiger partial charge is 0.439 e. The molecule has 1 radical (unpaired) electrons. The van der Waals surface area contributed by atoms with Crippen molar-refractivity contribution in [1.82, 2.24) is 0 Å². The van der Waals surface area contributed by atoms with Crippen LogP contribution >= 0.6 is 0 Å². The Labute approximate surface area is 249 Å². The fourth-order valence-corrected chi connectivity index (χ4v) is 17.0. The van der Waals surface area contributed by atoms with E-state index < -0.39 is 16.6 Å². The summed E-state index contributed by atoms with van der Waals surface area (Å²) >= 11 is 0. The highest BCUT2D eigenvalue weighted by Crippen LogP contribution is 2.24. The van der Waals surface area contributed by atoms with Gasteiger partial charge < -0.3 is 4.12 Å². The molecule has 0 amide bonds. The number of benzene rings is 5. The monoisotopic (exact) mass is 569 g/mol. The van der Waals surface area contributed by atoms with Crippen molar-refractivity contribution in [2.75, 3.05) is 0 Å². The van der Waals surface area contributed by atoms with E-state index in [0.29, 0.717) is 0 Å².